The quantitative estimate of drug-likeness (QED) is 0.744. The molecule has 2 heterocycles. The number of ether oxygens (including phenoxy) is 1. The third-order valence-electron chi connectivity index (χ3n) is 5.17. The van der Waals surface area contributed by atoms with Crippen LogP contribution in [-0.4, -0.2) is 22.8 Å². The van der Waals surface area contributed by atoms with Crippen molar-refractivity contribution in [2.75, 3.05) is 18.5 Å². The highest BCUT2D eigenvalue weighted by Crippen LogP contribution is 2.22. The van der Waals surface area contributed by atoms with Crippen molar-refractivity contribution in [2.24, 2.45) is 0 Å². The minimum absolute atomic E-state index is 0.0522. The maximum Gasteiger partial charge on any atom is 0.330 e. The van der Waals surface area contributed by atoms with Crippen LogP contribution >= 0.6 is 0 Å². The molecule has 0 aliphatic carbocycles. The number of nitrogens with zero attached hydrogens (tertiary/aromatic N) is 1. The summed E-state index contributed by atoms with van der Waals surface area (Å²) in [7, 11) is 0. The second-order valence-corrected chi connectivity index (χ2v) is 7.01. The molecule has 6 nitrogen and oxygen atoms in total. The van der Waals surface area contributed by atoms with Gasteiger partial charge in [0.1, 0.15) is 5.82 Å². The number of hydrogen-bond acceptors (Lipinski definition) is 4. The molecule has 1 unspecified atom stereocenters. The summed E-state index contributed by atoms with van der Waals surface area (Å²) in [5.41, 5.74) is 0.435. The van der Waals surface area contributed by atoms with E-state index in [0.29, 0.717) is 31.9 Å². The molecular weight excluding hydrogens is 342 g/mol. The molecule has 0 saturated carbocycles. The lowest BCUT2D eigenvalue weighted by molar-refractivity contribution is 0.0674. The number of benzene rings is 2. The van der Waals surface area contributed by atoms with Gasteiger partial charge in [-0.15, -0.1) is 0 Å². The van der Waals surface area contributed by atoms with Crippen LogP contribution in [0.5, 0.6) is 0 Å². The maximum absolute atomic E-state index is 12.5. The topological polar surface area (TPSA) is 76.1 Å². The minimum atomic E-state index is -0.373. The van der Waals surface area contributed by atoms with Gasteiger partial charge in [-0.1, -0.05) is 36.4 Å². The van der Waals surface area contributed by atoms with E-state index in [4.69, 9.17) is 4.74 Å². The van der Waals surface area contributed by atoms with Crippen LogP contribution in [0.4, 0.5) is 5.82 Å². The Hall–Kier alpha value is -2.86. The molecule has 1 fully saturated rings. The van der Waals surface area contributed by atoms with E-state index in [1.165, 1.54) is 16.0 Å². The van der Waals surface area contributed by atoms with Crippen molar-refractivity contribution in [2.45, 2.75) is 31.8 Å². The van der Waals surface area contributed by atoms with Gasteiger partial charge in [-0.25, -0.2) is 4.79 Å². The van der Waals surface area contributed by atoms with Gasteiger partial charge in [0.25, 0.3) is 5.56 Å². The predicted octanol–water partition coefficient (Wildman–Crippen LogP) is 3.21. The Balaban J connectivity index is 1.58. The largest absolute Gasteiger partial charge is 0.381 e. The molecule has 1 aliphatic rings. The van der Waals surface area contributed by atoms with E-state index in [-0.39, 0.29) is 23.3 Å². The zero-order valence-corrected chi connectivity index (χ0v) is 15.3. The molecule has 1 aliphatic heterocycles. The van der Waals surface area contributed by atoms with Crippen molar-refractivity contribution < 1.29 is 4.74 Å². The van der Waals surface area contributed by atoms with Gasteiger partial charge in [0, 0.05) is 31.4 Å². The molecule has 0 radical (unpaired) electrons. The first-order chi connectivity index (χ1) is 13.1. The molecule has 1 atom stereocenters. The summed E-state index contributed by atoms with van der Waals surface area (Å²) in [4.78, 5) is 27.8. The lowest BCUT2D eigenvalue weighted by Gasteiger charge is -2.23. The van der Waals surface area contributed by atoms with E-state index < -0.39 is 0 Å². The summed E-state index contributed by atoms with van der Waals surface area (Å²) in [6, 6.07) is 15.7. The molecule has 3 aromatic rings. The molecule has 0 bridgehead atoms. The van der Waals surface area contributed by atoms with Crippen LogP contribution in [0, 0.1) is 0 Å². The standard InChI is InChI=1S/C21H23N3O3/c1-14(16-7-6-15-4-2-3-5-17(15)12-16)22-19-13-20(25)24(21(26)23-19)18-8-10-27-11-9-18/h2-7,12-14,18,22H,8-11H2,1H3,(H,23,26). The average Bonchev–Trinajstić information content (AvgIpc) is 2.68. The van der Waals surface area contributed by atoms with E-state index in [9.17, 15) is 9.59 Å². The number of nitrogens with one attached hydrogen (secondary N) is 2. The van der Waals surface area contributed by atoms with Crippen molar-refractivity contribution >= 4 is 16.6 Å². The Morgan fingerprint density at radius 2 is 1.81 bits per heavy atom. The fourth-order valence-electron chi connectivity index (χ4n) is 3.67. The lowest BCUT2D eigenvalue weighted by atomic mass is 10.0. The summed E-state index contributed by atoms with van der Waals surface area (Å²) in [5.74, 6) is 0.439. The first kappa shape index (κ1) is 17.5. The maximum atomic E-state index is 12.5. The molecular formula is C21H23N3O3. The molecule has 1 saturated heterocycles. The number of H-pyrrole nitrogens is 1. The average molecular weight is 365 g/mol. The second-order valence-electron chi connectivity index (χ2n) is 7.01. The highest BCUT2D eigenvalue weighted by molar-refractivity contribution is 5.83. The Kier molecular flexibility index (Phi) is 4.81. The molecule has 2 N–H and O–H groups in total. The number of anilines is 1. The van der Waals surface area contributed by atoms with Crippen LogP contribution in [-0.2, 0) is 4.74 Å². The molecule has 4 rings (SSSR count). The monoisotopic (exact) mass is 365 g/mol. The van der Waals surface area contributed by atoms with Crippen LogP contribution in [0.25, 0.3) is 10.8 Å². The zero-order valence-electron chi connectivity index (χ0n) is 15.3. The smallest absolute Gasteiger partial charge is 0.330 e. The third kappa shape index (κ3) is 3.66. The Morgan fingerprint density at radius 1 is 1.07 bits per heavy atom. The minimum Gasteiger partial charge on any atom is -0.381 e. The van der Waals surface area contributed by atoms with Crippen LogP contribution < -0.4 is 16.6 Å². The van der Waals surface area contributed by atoms with Crippen molar-refractivity contribution in [1.29, 1.82) is 0 Å². The Bertz CT molecular complexity index is 1030. The van der Waals surface area contributed by atoms with Gasteiger partial charge < -0.3 is 10.1 Å². The summed E-state index contributed by atoms with van der Waals surface area (Å²) in [6.07, 6.45) is 1.37. The number of aromatic amines is 1. The van der Waals surface area contributed by atoms with Gasteiger partial charge in [-0.3, -0.25) is 14.3 Å². The van der Waals surface area contributed by atoms with Crippen molar-refractivity contribution in [3.05, 3.63) is 74.9 Å². The first-order valence-corrected chi connectivity index (χ1v) is 9.30. The van der Waals surface area contributed by atoms with E-state index in [1.807, 2.05) is 19.1 Å². The van der Waals surface area contributed by atoms with Crippen LogP contribution in [0.3, 0.4) is 0 Å². The van der Waals surface area contributed by atoms with Gasteiger partial charge in [-0.2, -0.15) is 0 Å². The summed E-state index contributed by atoms with van der Waals surface area (Å²) >= 11 is 0. The number of hydrogen-bond donors (Lipinski definition) is 2. The van der Waals surface area contributed by atoms with Crippen molar-refractivity contribution in [3.8, 4) is 0 Å². The van der Waals surface area contributed by atoms with Gasteiger partial charge in [0.15, 0.2) is 0 Å². The van der Waals surface area contributed by atoms with Crippen molar-refractivity contribution in [1.82, 2.24) is 9.55 Å². The third-order valence-corrected chi connectivity index (χ3v) is 5.17. The van der Waals surface area contributed by atoms with Gasteiger partial charge >= 0.3 is 5.69 Å². The van der Waals surface area contributed by atoms with Gasteiger partial charge in [0.05, 0.1) is 0 Å². The SMILES string of the molecule is CC(Nc1cc(=O)n(C2CCOCC2)c(=O)[nH]1)c1ccc2ccccc2c1. The van der Waals surface area contributed by atoms with E-state index >= 15 is 0 Å². The van der Waals surface area contributed by atoms with E-state index in [2.05, 4.69) is 40.6 Å². The highest BCUT2D eigenvalue weighted by Gasteiger charge is 2.19. The lowest BCUT2D eigenvalue weighted by Crippen LogP contribution is -2.40. The molecule has 0 spiro atoms. The fraction of sp³-hybridized carbons (Fsp3) is 0.333. The first-order valence-electron chi connectivity index (χ1n) is 9.30. The number of rotatable bonds is 4. The van der Waals surface area contributed by atoms with E-state index in [1.54, 1.807) is 0 Å². The van der Waals surface area contributed by atoms with E-state index in [0.717, 1.165) is 10.9 Å². The Morgan fingerprint density at radius 3 is 2.56 bits per heavy atom. The number of aromatic nitrogens is 2. The van der Waals surface area contributed by atoms with Gasteiger partial charge in [-0.05, 0) is 42.2 Å². The number of fused-ring (bicyclic) bond motifs is 1. The summed E-state index contributed by atoms with van der Waals surface area (Å²) < 4.78 is 6.63. The second kappa shape index (κ2) is 7.40. The highest BCUT2D eigenvalue weighted by atomic mass is 16.5. The molecule has 1 aromatic heterocycles. The summed E-state index contributed by atoms with van der Waals surface area (Å²) in [6.45, 7) is 3.16. The molecule has 0 amide bonds. The fourth-order valence-corrected chi connectivity index (χ4v) is 3.67. The predicted molar refractivity (Wildman–Crippen MR) is 106 cm³/mol. The zero-order chi connectivity index (χ0) is 18.8. The molecule has 6 heteroatoms. The van der Waals surface area contributed by atoms with Gasteiger partial charge in [0.2, 0.25) is 0 Å². The summed E-state index contributed by atoms with van der Waals surface area (Å²) in [5, 5.41) is 5.58. The van der Waals surface area contributed by atoms with Crippen molar-refractivity contribution in [3.63, 3.8) is 0 Å². The van der Waals surface area contributed by atoms with Crippen LogP contribution in [0.15, 0.2) is 58.1 Å². The normalized spacial score (nSPS) is 16.3. The van der Waals surface area contributed by atoms with Crippen LogP contribution in [0.1, 0.15) is 37.4 Å². The molecule has 2 aromatic carbocycles. The molecule has 27 heavy (non-hydrogen) atoms. The Labute approximate surface area is 156 Å². The molecule has 140 valence electrons. The van der Waals surface area contributed by atoms with Crippen LogP contribution in [0.2, 0.25) is 0 Å².